The molecule has 4 rings (SSSR count). The van der Waals surface area contributed by atoms with Gasteiger partial charge in [0.1, 0.15) is 6.17 Å². The number of rotatable bonds is 5. The first-order valence-corrected chi connectivity index (χ1v) is 11.5. The van der Waals surface area contributed by atoms with E-state index in [9.17, 15) is 0 Å². The van der Waals surface area contributed by atoms with E-state index in [1.165, 1.54) is 28.2 Å². The van der Waals surface area contributed by atoms with Gasteiger partial charge in [0.25, 0.3) is 0 Å². The third kappa shape index (κ3) is 7.02. The van der Waals surface area contributed by atoms with Gasteiger partial charge < -0.3 is 9.80 Å². The Hall–Kier alpha value is -3.95. The third-order valence-corrected chi connectivity index (χ3v) is 5.90. The second-order valence-electron chi connectivity index (χ2n) is 7.52. The number of anilines is 2. The van der Waals surface area contributed by atoms with Crippen molar-refractivity contribution in [2.75, 3.05) is 16.3 Å². The Morgan fingerprint density at radius 3 is 1.74 bits per heavy atom. The highest BCUT2D eigenvalue weighted by Crippen LogP contribution is 2.42. The Bertz CT molecular complexity index is 1140. The predicted octanol–water partition coefficient (Wildman–Crippen LogP) is 6.27. The summed E-state index contributed by atoms with van der Waals surface area (Å²) in [5, 5.41) is 0.766. The fourth-order valence-corrected chi connectivity index (χ4v) is 4.41. The molecule has 0 amide bonds. The second kappa shape index (κ2) is 14.3. The molecule has 0 saturated heterocycles. The molecule has 1 unspecified atom stereocenters. The van der Waals surface area contributed by atoms with Crippen LogP contribution in [0.15, 0.2) is 96.2 Å². The normalized spacial score (nSPS) is 14.5. The van der Waals surface area contributed by atoms with E-state index in [1.54, 1.807) is 0 Å². The van der Waals surface area contributed by atoms with Crippen LogP contribution in [0.4, 0.5) is 11.4 Å². The Morgan fingerprint density at radius 2 is 1.26 bits per heavy atom. The highest BCUT2D eigenvalue weighted by Gasteiger charge is 2.35. The van der Waals surface area contributed by atoms with Gasteiger partial charge in [-0.15, -0.1) is 0 Å². The summed E-state index contributed by atoms with van der Waals surface area (Å²) in [5.41, 5.74) is 6.61. The van der Waals surface area contributed by atoms with Crippen molar-refractivity contribution in [1.82, 2.24) is 0 Å². The molecule has 0 aromatic heterocycles. The molecule has 0 spiro atoms. The molecule has 35 heavy (non-hydrogen) atoms. The summed E-state index contributed by atoms with van der Waals surface area (Å²) in [7, 11) is 0. The van der Waals surface area contributed by atoms with Gasteiger partial charge >= 0.3 is 12.3 Å². The van der Waals surface area contributed by atoms with Gasteiger partial charge in [-0.1, -0.05) is 74.0 Å². The van der Waals surface area contributed by atoms with Crippen molar-refractivity contribution in [3.8, 4) is 0 Å². The molecule has 6 nitrogen and oxygen atoms in total. The number of hydrogen-bond donors (Lipinski definition) is 0. The molecule has 0 saturated carbocycles. The quantitative estimate of drug-likeness (QED) is 0.419. The SMILES string of the molecule is CCC1=C(CC)N(c2ccccc2)C(c2ccccc2)N(c2ccc(Cl)cc2)C1.O=C=O.O=C=O. The summed E-state index contributed by atoms with van der Waals surface area (Å²) in [6.45, 7) is 5.45. The lowest BCUT2D eigenvalue weighted by molar-refractivity contribution is -0.193. The van der Waals surface area contributed by atoms with E-state index in [1.807, 2.05) is 12.1 Å². The standard InChI is InChI=1S/C26H27ClN2.2CO2/c1-3-20-19-28(23-17-15-22(27)16-18-23)26(21-11-7-5-8-12-21)29(25(20)4-2)24-13-9-6-10-14-24;2*2-1-3/h5-18,26H,3-4,19H2,1-2H3;;. The van der Waals surface area contributed by atoms with Crippen LogP contribution in [0, 0.1) is 0 Å². The molecule has 1 aliphatic rings. The van der Waals surface area contributed by atoms with Crippen molar-refractivity contribution >= 4 is 35.3 Å². The van der Waals surface area contributed by atoms with Crippen LogP contribution in [-0.2, 0) is 19.2 Å². The smallest absolute Gasteiger partial charge is 0.343 e. The van der Waals surface area contributed by atoms with Crippen molar-refractivity contribution in [3.05, 3.63) is 107 Å². The van der Waals surface area contributed by atoms with Gasteiger partial charge in [0.15, 0.2) is 0 Å². The van der Waals surface area contributed by atoms with Crippen LogP contribution in [0.3, 0.4) is 0 Å². The number of halogens is 1. The fourth-order valence-electron chi connectivity index (χ4n) is 4.28. The van der Waals surface area contributed by atoms with Crippen LogP contribution >= 0.6 is 11.6 Å². The van der Waals surface area contributed by atoms with E-state index in [4.69, 9.17) is 30.8 Å². The molecule has 0 fully saturated rings. The summed E-state index contributed by atoms with van der Waals surface area (Å²) in [5.74, 6) is 0. The number of allylic oxidation sites excluding steroid dienone is 1. The summed E-state index contributed by atoms with van der Waals surface area (Å²) in [4.78, 5) is 37.5. The van der Waals surface area contributed by atoms with Gasteiger partial charge in [0.2, 0.25) is 0 Å². The molecule has 0 aliphatic carbocycles. The average molecular weight is 491 g/mol. The van der Waals surface area contributed by atoms with Crippen LogP contribution < -0.4 is 9.80 Å². The molecule has 1 atom stereocenters. The topological polar surface area (TPSA) is 74.8 Å². The third-order valence-electron chi connectivity index (χ3n) is 5.65. The Kier molecular flexibility index (Phi) is 11.2. The van der Waals surface area contributed by atoms with E-state index >= 15 is 0 Å². The Labute approximate surface area is 210 Å². The molecule has 0 N–H and O–H groups in total. The van der Waals surface area contributed by atoms with Crippen molar-refractivity contribution in [2.24, 2.45) is 0 Å². The largest absolute Gasteiger partial charge is 0.373 e. The van der Waals surface area contributed by atoms with E-state index in [2.05, 4.69) is 96.4 Å². The minimum Gasteiger partial charge on any atom is -0.343 e. The minimum atomic E-state index is 0.0880. The summed E-state index contributed by atoms with van der Waals surface area (Å²) >= 11 is 6.19. The lowest BCUT2D eigenvalue weighted by Crippen LogP contribution is -2.47. The van der Waals surface area contributed by atoms with Crippen LogP contribution in [0.25, 0.3) is 0 Å². The highest BCUT2D eigenvalue weighted by molar-refractivity contribution is 6.30. The van der Waals surface area contributed by atoms with Crippen molar-refractivity contribution in [2.45, 2.75) is 32.9 Å². The number of benzene rings is 3. The number of carbonyl (C=O) groups excluding carboxylic acids is 4. The molecule has 3 aromatic rings. The minimum absolute atomic E-state index is 0.0880. The zero-order chi connectivity index (χ0) is 25.6. The molecule has 0 bridgehead atoms. The predicted molar refractivity (Wildman–Crippen MR) is 135 cm³/mol. The second-order valence-corrected chi connectivity index (χ2v) is 7.95. The number of hydrogen-bond acceptors (Lipinski definition) is 6. The van der Waals surface area contributed by atoms with E-state index in [0.29, 0.717) is 0 Å². The Balaban J connectivity index is 0.000000655. The maximum absolute atomic E-state index is 8.12. The lowest BCUT2D eigenvalue weighted by Gasteiger charge is -2.48. The van der Waals surface area contributed by atoms with Crippen LogP contribution in [0.2, 0.25) is 5.02 Å². The van der Waals surface area contributed by atoms with Gasteiger partial charge in [0.05, 0.1) is 0 Å². The number of nitrogens with zero attached hydrogens (tertiary/aromatic N) is 2. The van der Waals surface area contributed by atoms with Gasteiger partial charge in [-0.3, -0.25) is 0 Å². The molecule has 3 aromatic carbocycles. The first kappa shape index (κ1) is 27.3. The van der Waals surface area contributed by atoms with E-state index < -0.39 is 0 Å². The molecule has 180 valence electrons. The maximum Gasteiger partial charge on any atom is 0.373 e. The van der Waals surface area contributed by atoms with Crippen LogP contribution in [-0.4, -0.2) is 18.8 Å². The summed E-state index contributed by atoms with van der Waals surface area (Å²) in [6.07, 6.45) is 2.64. The first-order chi connectivity index (χ1) is 17.1. The van der Waals surface area contributed by atoms with Gasteiger partial charge in [-0.2, -0.15) is 19.2 Å². The fraction of sp³-hybridized carbons (Fsp3) is 0.214. The molecule has 7 heteroatoms. The molecule has 1 aliphatic heterocycles. The summed E-state index contributed by atoms with van der Waals surface area (Å²) < 4.78 is 0. The zero-order valence-corrected chi connectivity index (χ0v) is 20.4. The van der Waals surface area contributed by atoms with Crippen LogP contribution in [0.1, 0.15) is 38.4 Å². The van der Waals surface area contributed by atoms with Gasteiger partial charge in [-0.05, 0) is 60.4 Å². The van der Waals surface area contributed by atoms with Crippen molar-refractivity contribution in [3.63, 3.8) is 0 Å². The van der Waals surface area contributed by atoms with Crippen molar-refractivity contribution in [1.29, 1.82) is 0 Å². The lowest BCUT2D eigenvalue weighted by atomic mass is 9.97. The maximum atomic E-state index is 8.12. The zero-order valence-electron chi connectivity index (χ0n) is 19.7. The van der Waals surface area contributed by atoms with Crippen molar-refractivity contribution < 1.29 is 19.2 Å². The van der Waals surface area contributed by atoms with Crippen LogP contribution in [0.5, 0.6) is 0 Å². The van der Waals surface area contributed by atoms with Gasteiger partial charge in [-0.25, -0.2) is 0 Å². The first-order valence-electron chi connectivity index (χ1n) is 11.2. The average Bonchev–Trinajstić information content (AvgIpc) is 2.90. The van der Waals surface area contributed by atoms with Gasteiger partial charge in [0, 0.05) is 28.6 Å². The number of para-hydroxylation sites is 1. The molecular weight excluding hydrogens is 464 g/mol. The highest BCUT2D eigenvalue weighted by atomic mass is 35.5. The van der Waals surface area contributed by atoms with E-state index in [-0.39, 0.29) is 18.5 Å². The Morgan fingerprint density at radius 1 is 0.743 bits per heavy atom. The van der Waals surface area contributed by atoms with E-state index in [0.717, 1.165) is 24.4 Å². The molecule has 0 radical (unpaired) electrons. The summed E-state index contributed by atoms with van der Waals surface area (Å²) in [6, 6.07) is 29.8. The molecule has 1 heterocycles. The molecular formula is C28H27ClN2O4. The monoisotopic (exact) mass is 490 g/mol.